The molecule has 0 aliphatic carbocycles. The van der Waals surface area contributed by atoms with Gasteiger partial charge in [-0.2, -0.15) is 0 Å². The van der Waals surface area contributed by atoms with Crippen molar-refractivity contribution in [2.75, 3.05) is 31.6 Å². The SMILES string of the molecule is CC.CN1CCC2(CCS(=O)(=O)C2)C1. The maximum Gasteiger partial charge on any atom is 0.150 e. The van der Waals surface area contributed by atoms with E-state index in [2.05, 4.69) is 11.9 Å². The summed E-state index contributed by atoms with van der Waals surface area (Å²) in [6.45, 7) is 6.04. The van der Waals surface area contributed by atoms with Crippen LogP contribution in [-0.2, 0) is 9.84 Å². The molecule has 2 aliphatic heterocycles. The van der Waals surface area contributed by atoms with Gasteiger partial charge in [0.15, 0.2) is 9.84 Å². The van der Waals surface area contributed by atoms with Crippen LogP contribution < -0.4 is 0 Å². The van der Waals surface area contributed by atoms with Crippen molar-refractivity contribution >= 4 is 9.84 Å². The van der Waals surface area contributed by atoms with Crippen molar-refractivity contribution < 1.29 is 8.42 Å². The van der Waals surface area contributed by atoms with Crippen LogP contribution in [0.15, 0.2) is 0 Å². The van der Waals surface area contributed by atoms with Crippen LogP contribution in [0.3, 0.4) is 0 Å². The van der Waals surface area contributed by atoms with Crippen LogP contribution in [0.4, 0.5) is 0 Å². The van der Waals surface area contributed by atoms with E-state index >= 15 is 0 Å². The topological polar surface area (TPSA) is 37.4 Å². The summed E-state index contributed by atoms with van der Waals surface area (Å²) >= 11 is 0. The maximum atomic E-state index is 11.3. The van der Waals surface area contributed by atoms with E-state index in [4.69, 9.17) is 0 Å². The molecule has 2 rings (SSSR count). The third-order valence-electron chi connectivity index (χ3n) is 3.10. The second-order valence-corrected chi connectivity index (χ2v) is 6.51. The predicted octanol–water partition coefficient (Wildman–Crippen LogP) is 1.15. The van der Waals surface area contributed by atoms with E-state index in [1.54, 1.807) is 0 Å². The monoisotopic (exact) mass is 219 g/mol. The van der Waals surface area contributed by atoms with Crippen LogP contribution in [0.2, 0.25) is 0 Å². The van der Waals surface area contributed by atoms with Crippen LogP contribution in [0.1, 0.15) is 26.7 Å². The highest BCUT2D eigenvalue weighted by molar-refractivity contribution is 7.91. The molecule has 2 fully saturated rings. The molecule has 0 radical (unpaired) electrons. The molecule has 3 nitrogen and oxygen atoms in total. The van der Waals surface area contributed by atoms with E-state index in [-0.39, 0.29) is 5.41 Å². The third kappa shape index (κ3) is 2.48. The number of rotatable bonds is 0. The van der Waals surface area contributed by atoms with Crippen molar-refractivity contribution in [2.45, 2.75) is 26.7 Å². The van der Waals surface area contributed by atoms with Crippen LogP contribution >= 0.6 is 0 Å². The Labute approximate surface area is 87.4 Å². The minimum atomic E-state index is -2.69. The summed E-state index contributed by atoms with van der Waals surface area (Å²) < 4.78 is 22.6. The number of sulfone groups is 1. The van der Waals surface area contributed by atoms with E-state index in [1.807, 2.05) is 13.8 Å². The van der Waals surface area contributed by atoms with Gasteiger partial charge in [-0.3, -0.25) is 0 Å². The zero-order valence-electron chi connectivity index (χ0n) is 9.41. The summed E-state index contributed by atoms with van der Waals surface area (Å²) in [6.07, 6.45) is 1.96. The zero-order chi connectivity index (χ0) is 10.8. The number of hydrogen-bond donors (Lipinski definition) is 0. The molecule has 14 heavy (non-hydrogen) atoms. The number of hydrogen-bond acceptors (Lipinski definition) is 3. The van der Waals surface area contributed by atoms with Gasteiger partial charge in [0.25, 0.3) is 0 Å². The first-order chi connectivity index (χ1) is 6.52. The molecular weight excluding hydrogens is 198 g/mol. The van der Waals surface area contributed by atoms with Crippen LogP contribution in [0.25, 0.3) is 0 Å². The highest BCUT2D eigenvalue weighted by Gasteiger charge is 2.45. The van der Waals surface area contributed by atoms with Crippen LogP contribution in [0, 0.1) is 5.41 Å². The Balaban J connectivity index is 0.000000461. The minimum absolute atomic E-state index is 0.133. The van der Waals surface area contributed by atoms with Gasteiger partial charge in [0, 0.05) is 6.54 Å². The van der Waals surface area contributed by atoms with E-state index in [9.17, 15) is 8.42 Å². The van der Waals surface area contributed by atoms with Crippen LogP contribution in [-0.4, -0.2) is 45.0 Å². The van der Waals surface area contributed by atoms with Crippen molar-refractivity contribution in [1.82, 2.24) is 4.90 Å². The third-order valence-corrected chi connectivity index (χ3v) is 4.98. The van der Waals surface area contributed by atoms with E-state index in [0.717, 1.165) is 25.9 Å². The van der Waals surface area contributed by atoms with Gasteiger partial charge in [-0.1, -0.05) is 13.8 Å². The Kier molecular flexibility index (Phi) is 3.58. The molecular formula is C10H21NO2S. The van der Waals surface area contributed by atoms with Crippen molar-refractivity contribution in [2.24, 2.45) is 5.41 Å². The van der Waals surface area contributed by atoms with Gasteiger partial charge in [0.05, 0.1) is 11.5 Å². The molecule has 2 saturated heterocycles. The Bertz CT molecular complexity index is 286. The smallest absolute Gasteiger partial charge is 0.150 e. The quantitative estimate of drug-likeness (QED) is 0.613. The molecule has 2 aliphatic rings. The molecule has 0 N–H and O–H groups in total. The van der Waals surface area contributed by atoms with Gasteiger partial charge in [-0.25, -0.2) is 8.42 Å². The lowest BCUT2D eigenvalue weighted by molar-refractivity contribution is 0.317. The first kappa shape index (κ1) is 12.0. The summed E-state index contributed by atoms with van der Waals surface area (Å²) in [7, 11) is -0.619. The fourth-order valence-corrected chi connectivity index (χ4v) is 4.66. The zero-order valence-corrected chi connectivity index (χ0v) is 10.2. The van der Waals surface area contributed by atoms with Crippen molar-refractivity contribution in [3.63, 3.8) is 0 Å². The average Bonchev–Trinajstić information content (AvgIpc) is 2.61. The Morgan fingerprint density at radius 3 is 2.21 bits per heavy atom. The normalized spacial score (nSPS) is 35.6. The molecule has 0 saturated carbocycles. The van der Waals surface area contributed by atoms with Crippen molar-refractivity contribution in [1.29, 1.82) is 0 Å². The van der Waals surface area contributed by atoms with E-state index < -0.39 is 9.84 Å². The molecule has 2 heterocycles. The van der Waals surface area contributed by atoms with Gasteiger partial charge in [-0.05, 0) is 31.8 Å². The molecule has 0 bridgehead atoms. The Hall–Kier alpha value is -0.0900. The average molecular weight is 219 g/mol. The summed E-state index contributed by atoms with van der Waals surface area (Å²) in [5, 5.41) is 0. The molecule has 0 aromatic rings. The lowest BCUT2D eigenvalue weighted by Gasteiger charge is -2.19. The molecule has 0 aromatic heterocycles. The molecule has 1 spiro atoms. The molecule has 1 atom stereocenters. The lowest BCUT2D eigenvalue weighted by Crippen LogP contribution is -2.26. The highest BCUT2D eigenvalue weighted by atomic mass is 32.2. The highest BCUT2D eigenvalue weighted by Crippen LogP contribution is 2.39. The fraction of sp³-hybridized carbons (Fsp3) is 1.00. The molecule has 4 heteroatoms. The Morgan fingerprint density at radius 1 is 1.21 bits per heavy atom. The predicted molar refractivity (Wildman–Crippen MR) is 59.2 cm³/mol. The molecule has 0 aromatic carbocycles. The summed E-state index contributed by atoms with van der Waals surface area (Å²) in [5.74, 6) is 0.852. The van der Waals surface area contributed by atoms with Gasteiger partial charge >= 0.3 is 0 Å². The van der Waals surface area contributed by atoms with E-state index in [1.165, 1.54) is 0 Å². The van der Waals surface area contributed by atoms with Gasteiger partial charge < -0.3 is 4.90 Å². The van der Waals surface area contributed by atoms with Gasteiger partial charge in [-0.15, -0.1) is 0 Å². The first-order valence-electron chi connectivity index (χ1n) is 5.40. The van der Waals surface area contributed by atoms with Crippen LogP contribution in [0.5, 0.6) is 0 Å². The second kappa shape index (κ2) is 4.19. The summed E-state index contributed by atoms with van der Waals surface area (Å²) in [6, 6.07) is 0. The molecule has 1 unspecified atom stereocenters. The summed E-state index contributed by atoms with van der Waals surface area (Å²) in [4.78, 5) is 2.24. The van der Waals surface area contributed by atoms with E-state index in [0.29, 0.717) is 11.5 Å². The second-order valence-electron chi connectivity index (χ2n) is 4.33. The number of likely N-dealkylation sites (tertiary alicyclic amines) is 1. The largest absolute Gasteiger partial charge is 0.306 e. The number of nitrogens with zero attached hydrogens (tertiary/aromatic N) is 1. The van der Waals surface area contributed by atoms with Crippen molar-refractivity contribution in [3.05, 3.63) is 0 Å². The fourth-order valence-electron chi connectivity index (χ4n) is 2.46. The first-order valence-corrected chi connectivity index (χ1v) is 7.23. The molecule has 84 valence electrons. The maximum absolute atomic E-state index is 11.3. The lowest BCUT2D eigenvalue weighted by atomic mass is 9.87. The standard InChI is InChI=1S/C8H15NO2S.C2H6/c1-9-4-2-8(6-9)3-5-12(10,11)7-8;1-2/h2-7H2,1H3;1-2H3. The Morgan fingerprint density at radius 2 is 1.86 bits per heavy atom. The van der Waals surface area contributed by atoms with Crippen molar-refractivity contribution in [3.8, 4) is 0 Å². The summed E-state index contributed by atoms with van der Waals surface area (Å²) in [5.41, 5.74) is 0.133. The molecule has 0 amide bonds. The van der Waals surface area contributed by atoms with Gasteiger partial charge in [0.1, 0.15) is 0 Å². The minimum Gasteiger partial charge on any atom is -0.306 e. The van der Waals surface area contributed by atoms with Gasteiger partial charge in [0.2, 0.25) is 0 Å².